The summed E-state index contributed by atoms with van der Waals surface area (Å²) in [7, 11) is 1.23. The summed E-state index contributed by atoms with van der Waals surface area (Å²) < 4.78 is 10.0. The minimum Gasteiger partial charge on any atom is -0.468 e. The number of hydrogen-bond donors (Lipinski definition) is 0. The highest BCUT2D eigenvalue weighted by atomic mass is 16.5. The number of carbonyl (C=O) groups excluding carboxylic acids is 4. The molecule has 0 aliphatic rings. The lowest BCUT2D eigenvalue weighted by Gasteiger charge is -2.27. The Labute approximate surface area is 248 Å². The van der Waals surface area contributed by atoms with Crippen LogP contribution < -0.4 is 0 Å². The molecule has 0 aliphatic carbocycles. The van der Waals surface area contributed by atoms with Crippen molar-refractivity contribution in [1.82, 2.24) is 24.8 Å². The van der Waals surface area contributed by atoms with E-state index in [2.05, 4.69) is 9.97 Å². The zero-order valence-electron chi connectivity index (χ0n) is 24.3. The molecule has 4 aromatic rings. The number of Topliss-reactive ketones (excluding diaryl/α,β-unsaturated/α-hetero) is 2. The zero-order valence-corrected chi connectivity index (χ0v) is 24.3. The van der Waals surface area contributed by atoms with Crippen LogP contribution in [-0.2, 0) is 32.2 Å². The summed E-state index contributed by atoms with van der Waals surface area (Å²) in [5.41, 5.74) is 3.59. The average molecular weight is 582 g/mol. The fourth-order valence-corrected chi connectivity index (χ4v) is 4.43. The summed E-state index contributed by atoms with van der Waals surface area (Å²) in [4.78, 5) is 69.4. The van der Waals surface area contributed by atoms with Crippen LogP contribution in [0.5, 0.6) is 0 Å². The van der Waals surface area contributed by atoms with Crippen molar-refractivity contribution in [2.45, 2.75) is 39.9 Å². The van der Waals surface area contributed by atoms with Gasteiger partial charge >= 0.3 is 11.9 Å². The van der Waals surface area contributed by atoms with E-state index in [9.17, 15) is 19.2 Å². The first-order valence-corrected chi connectivity index (χ1v) is 13.6. The van der Waals surface area contributed by atoms with Crippen LogP contribution in [0.1, 0.15) is 53.1 Å². The lowest BCUT2D eigenvalue weighted by atomic mass is 10.1. The lowest BCUT2D eigenvalue weighted by Crippen LogP contribution is -2.46. The summed E-state index contributed by atoms with van der Waals surface area (Å²) >= 11 is 0. The van der Waals surface area contributed by atoms with Gasteiger partial charge in [0.25, 0.3) is 0 Å². The van der Waals surface area contributed by atoms with E-state index in [4.69, 9.17) is 19.4 Å². The fraction of sp³-hybridized carbons (Fsp3) is 0.250. The van der Waals surface area contributed by atoms with E-state index in [-0.39, 0.29) is 31.2 Å². The number of methoxy groups -OCH3 is 1. The molecular weight excluding hydrogens is 550 g/mol. The summed E-state index contributed by atoms with van der Waals surface area (Å²) in [5, 5.41) is 0. The monoisotopic (exact) mass is 581 g/mol. The second-order valence-corrected chi connectivity index (χ2v) is 9.56. The zero-order chi connectivity index (χ0) is 30.9. The maximum atomic E-state index is 12.8. The van der Waals surface area contributed by atoms with E-state index >= 15 is 0 Å². The van der Waals surface area contributed by atoms with Crippen molar-refractivity contribution in [1.29, 1.82) is 0 Å². The van der Waals surface area contributed by atoms with Gasteiger partial charge in [-0.05, 0) is 62.4 Å². The van der Waals surface area contributed by atoms with Gasteiger partial charge in [0.15, 0.2) is 17.6 Å². The molecule has 220 valence electrons. The number of nitrogens with zero attached hydrogens (tertiary/aromatic N) is 5. The molecule has 4 heterocycles. The smallest absolute Gasteiger partial charge is 0.356 e. The molecule has 11 nitrogen and oxygen atoms in total. The Morgan fingerprint density at radius 3 is 1.63 bits per heavy atom. The van der Waals surface area contributed by atoms with Crippen molar-refractivity contribution in [3.63, 3.8) is 0 Å². The van der Waals surface area contributed by atoms with Gasteiger partial charge in [-0.1, -0.05) is 24.3 Å². The molecule has 0 amide bonds. The number of aromatic nitrogens is 4. The normalized spacial score (nSPS) is 11.6. The van der Waals surface area contributed by atoms with Crippen LogP contribution in [0.15, 0.2) is 72.8 Å². The molecule has 0 bridgehead atoms. The van der Waals surface area contributed by atoms with Crippen LogP contribution in [-0.4, -0.2) is 68.1 Å². The number of carbonyl (C=O) groups is 4. The van der Waals surface area contributed by atoms with Crippen molar-refractivity contribution in [3.05, 3.63) is 95.6 Å². The lowest BCUT2D eigenvalue weighted by molar-refractivity contribution is -0.151. The average Bonchev–Trinajstić information content (AvgIpc) is 3.01. The maximum Gasteiger partial charge on any atom is 0.356 e. The third-order valence-electron chi connectivity index (χ3n) is 6.39. The molecule has 43 heavy (non-hydrogen) atoms. The van der Waals surface area contributed by atoms with E-state index < -0.39 is 23.8 Å². The van der Waals surface area contributed by atoms with Gasteiger partial charge in [0.2, 0.25) is 0 Å². The van der Waals surface area contributed by atoms with E-state index in [1.165, 1.54) is 21.0 Å². The topological polar surface area (TPSA) is 142 Å². The molecule has 0 fully saturated rings. The standard InChI is InChI=1S/C32H31N5O6/c1-5-43-31(40)29-17-9-16-28(36-29)26-14-7-11-23(34-26)19-37(30(21(3)39)32(41)42-4)18-22-10-6-13-25(33-22)27-15-8-12-24(35-27)20(2)38/h6-17,30H,5,18-19H2,1-4H3. The Kier molecular flexibility index (Phi) is 10.1. The van der Waals surface area contributed by atoms with Crippen molar-refractivity contribution in [2.24, 2.45) is 0 Å². The minimum atomic E-state index is -1.22. The predicted octanol–water partition coefficient (Wildman–Crippen LogP) is 4.11. The van der Waals surface area contributed by atoms with Gasteiger partial charge in [-0.2, -0.15) is 0 Å². The fourth-order valence-electron chi connectivity index (χ4n) is 4.43. The van der Waals surface area contributed by atoms with E-state index in [1.54, 1.807) is 84.6 Å². The Hall–Kier alpha value is -5.16. The van der Waals surface area contributed by atoms with Crippen LogP contribution in [0.4, 0.5) is 0 Å². The number of esters is 2. The van der Waals surface area contributed by atoms with E-state index in [0.29, 0.717) is 39.9 Å². The van der Waals surface area contributed by atoms with Crippen LogP contribution >= 0.6 is 0 Å². The number of ketones is 2. The number of pyridine rings is 4. The Balaban J connectivity index is 1.67. The third kappa shape index (κ3) is 7.77. The molecule has 0 aliphatic heterocycles. The van der Waals surface area contributed by atoms with E-state index in [1.807, 2.05) is 0 Å². The van der Waals surface area contributed by atoms with Crippen molar-refractivity contribution >= 4 is 23.5 Å². The number of hydrogen-bond acceptors (Lipinski definition) is 11. The Morgan fingerprint density at radius 1 is 0.698 bits per heavy atom. The Morgan fingerprint density at radius 2 is 1.16 bits per heavy atom. The molecule has 1 unspecified atom stereocenters. The van der Waals surface area contributed by atoms with Gasteiger partial charge in [-0.15, -0.1) is 0 Å². The van der Waals surface area contributed by atoms with Gasteiger partial charge < -0.3 is 9.47 Å². The molecule has 0 radical (unpaired) electrons. The Bertz CT molecular complexity index is 1660. The summed E-state index contributed by atoms with van der Waals surface area (Å²) in [6, 6.07) is 19.5. The molecule has 0 saturated heterocycles. The molecule has 4 aromatic heterocycles. The first-order valence-electron chi connectivity index (χ1n) is 13.6. The third-order valence-corrected chi connectivity index (χ3v) is 6.39. The predicted molar refractivity (Wildman–Crippen MR) is 157 cm³/mol. The summed E-state index contributed by atoms with van der Waals surface area (Å²) in [6.07, 6.45) is 0. The SMILES string of the molecule is CCOC(=O)c1cccc(-c2cccc(CN(Cc3cccc(-c4cccc(C(C)=O)n4)n3)C(C(C)=O)C(=O)OC)n2)n1. The molecule has 0 spiro atoms. The van der Waals surface area contributed by atoms with Crippen molar-refractivity contribution in [3.8, 4) is 22.8 Å². The van der Waals surface area contributed by atoms with Gasteiger partial charge in [-0.3, -0.25) is 14.5 Å². The van der Waals surface area contributed by atoms with Crippen molar-refractivity contribution in [2.75, 3.05) is 13.7 Å². The first kappa shape index (κ1) is 30.8. The second kappa shape index (κ2) is 14.1. The molecule has 11 heteroatoms. The van der Waals surface area contributed by atoms with Gasteiger partial charge in [0.05, 0.1) is 47.9 Å². The second-order valence-electron chi connectivity index (χ2n) is 9.56. The van der Waals surface area contributed by atoms with Crippen LogP contribution in [0.3, 0.4) is 0 Å². The maximum absolute atomic E-state index is 12.8. The van der Waals surface area contributed by atoms with Crippen LogP contribution in [0.2, 0.25) is 0 Å². The van der Waals surface area contributed by atoms with E-state index in [0.717, 1.165) is 0 Å². The highest BCUT2D eigenvalue weighted by Crippen LogP contribution is 2.21. The van der Waals surface area contributed by atoms with Gasteiger partial charge in [0, 0.05) is 20.0 Å². The van der Waals surface area contributed by atoms with Crippen LogP contribution in [0.25, 0.3) is 22.8 Å². The molecule has 4 rings (SSSR count). The highest BCUT2D eigenvalue weighted by molar-refractivity contribution is 6.01. The van der Waals surface area contributed by atoms with Gasteiger partial charge in [-0.25, -0.2) is 29.5 Å². The number of rotatable bonds is 12. The first-order chi connectivity index (χ1) is 20.7. The summed E-state index contributed by atoms with van der Waals surface area (Å²) in [6.45, 7) is 4.90. The van der Waals surface area contributed by atoms with Crippen LogP contribution in [0, 0.1) is 0 Å². The molecular formula is C32H31N5O6. The molecule has 0 N–H and O–H groups in total. The molecule has 1 atom stereocenters. The largest absolute Gasteiger partial charge is 0.468 e. The highest BCUT2D eigenvalue weighted by Gasteiger charge is 2.32. The number of ether oxygens (including phenoxy) is 2. The molecule has 0 saturated carbocycles. The van der Waals surface area contributed by atoms with Gasteiger partial charge in [0.1, 0.15) is 11.4 Å². The quantitative estimate of drug-likeness (QED) is 0.135. The minimum absolute atomic E-state index is 0.0920. The summed E-state index contributed by atoms with van der Waals surface area (Å²) in [5.74, 6) is -1.81. The van der Waals surface area contributed by atoms with Crippen molar-refractivity contribution < 1.29 is 28.7 Å². The molecule has 0 aromatic carbocycles.